The van der Waals surface area contributed by atoms with Gasteiger partial charge in [-0.1, -0.05) is 19.3 Å². The van der Waals surface area contributed by atoms with E-state index in [0.717, 1.165) is 25.7 Å². The summed E-state index contributed by atoms with van der Waals surface area (Å²) in [5, 5.41) is 5.48. The lowest BCUT2D eigenvalue weighted by atomic mass is 9.79. The summed E-state index contributed by atoms with van der Waals surface area (Å²) in [4.78, 5) is 36.2. The number of amides is 3. The van der Waals surface area contributed by atoms with Crippen LogP contribution in [-0.2, 0) is 14.4 Å². The van der Waals surface area contributed by atoms with Gasteiger partial charge in [-0.15, -0.1) is 0 Å². The number of carbonyl (C=O) groups is 3. The van der Waals surface area contributed by atoms with E-state index in [9.17, 15) is 14.4 Å². The van der Waals surface area contributed by atoms with Crippen LogP contribution in [0.4, 0.5) is 0 Å². The van der Waals surface area contributed by atoms with Crippen LogP contribution in [-0.4, -0.2) is 48.3 Å². The highest BCUT2D eigenvalue weighted by atomic mass is 16.2. The lowest BCUT2D eigenvalue weighted by Gasteiger charge is -2.38. The molecule has 2 N–H and O–H groups in total. The first-order valence-corrected chi connectivity index (χ1v) is 6.84. The second-order valence-corrected chi connectivity index (χ2v) is 5.49. The molecular weight excluding hydrogens is 246 g/mol. The molecule has 19 heavy (non-hydrogen) atoms. The topological polar surface area (TPSA) is 78.5 Å². The minimum absolute atomic E-state index is 0.00956. The lowest BCUT2D eigenvalue weighted by molar-refractivity contribution is -0.146. The monoisotopic (exact) mass is 267 g/mol. The zero-order valence-corrected chi connectivity index (χ0v) is 11.3. The maximum absolute atomic E-state index is 12.3. The Morgan fingerprint density at radius 2 is 1.79 bits per heavy atom. The van der Waals surface area contributed by atoms with Crippen molar-refractivity contribution in [3.05, 3.63) is 0 Å². The van der Waals surface area contributed by atoms with E-state index in [1.807, 2.05) is 7.05 Å². The second kappa shape index (κ2) is 5.69. The van der Waals surface area contributed by atoms with Gasteiger partial charge in [0.25, 0.3) is 0 Å². The number of carbonyl (C=O) groups excluding carboxylic acids is 3. The molecule has 2 aliphatic rings. The molecule has 0 spiro atoms. The van der Waals surface area contributed by atoms with Gasteiger partial charge in [0, 0.05) is 12.0 Å². The fourth-order valence-electron chi connectivity index (χ4n) is 2.96. The first-order chi connectivity index (χ1) is 9.04. The third-order valence-electron chi connectivity index (χ3n) is 4.13. The van der Waals surface area contributed by atoms with Gasteiger partial charge >= 0.3 is 0 Å². The number of nitrogens with zero attached hydrogens (tertiary/aromatic N) is 1. The van der Waals surface area contributed by atoms with Crippen LogP contribution in [0.2, 0.25) is 0 Å². The van der Waals surface area contributed by atoms with E-state index < -0.39 is 11.8 Å². The van der Waals surface area contributed by atoms with Crippen LogP contribution in [0.15, 0.2) is 0 Å². The van der Waals surface area contributed by atoms with Gasteiger partial charge in [0.05, 0.1) is 0 Å². The van der Waals surface area contributed by atoms with Crippen molar-refractivity contribution in [1.82, 2.24) is 15.5 Å². The van der Waals surface area contributed by atoms with Crippen LogP contribution in [0.1, 0.15) is 38.5 Å². The van der Waals surface area contributed by atoms with E-state index in [-0.39, 0.29) is 24.5 Å². The van der Waals surface area contributed by atoms with Crippen LogP contribution in [0.3, 0.4) is 0 Å². The largest absolute Gasteiger partial charge is 0.324 e. The van der Waals surface area contributed by atoms with Gasteiger partial charge in [0.2, 0.25) is 17.7 Å². The fourth-order valence-corrected chi connectivity index (χ4v) is 2.96. The Labute approximate surface area is 112 Å². The van der Waals surface area contributed by atoms with E-state index in [1.54, 1.807) is 0 Å². The predicted molar refractivity (Wildman–Crippen MR) is 69.2 cm³/mol. The molecule has 0 aromatic rings. The van der Waals surface area contributed by atoms with Crippen LogP contribution in [0.25, 0.3) is 0 Å². The first kappa shape index (κ1) is 14.0. The Kier molecular flexibility index (Phi) is 4.19. The van der Waals surface area contributed by atoms with Crippen molar-refractivity contribution in [3.8, 4) is 0 Å². The number of hydrogen-bond donors (Lipinski definition) is 2. The molecule has 1 saturated carbocycles. The van der Waals surface area contributed by atoms with Gasteiger partial charge < -0.3 is 10.2 Å². The van der Waals surface area contributed by atoms with Crippen molar-refractivity contribution in [1.29, 1.82) is 0 Å². The number of piperazine rings is 1. The van der Waals surface area contributed by atoms with Crippen LogP contribution in [0.5, 0.6) is 0 Å². The quantitative estimate of drug-likeness (QED) is 0.693. The highest BCUT2D eigenvalue weighted by molar-refractivity contribution is 6.02. The Hall–Kier alpha value is -1.43. The van der Waals surface area contributed by atoms with Crippen molar-refractivity contribution >= 4 is 17.7 Å². The average Bonchev–Trinajstić information content (AvgIpc) is 2.38. The first-order valence-electron chi connectivity index (χ1n) is 6.84. The van der Waals surface area contributed by atoms with Crippen molar-refractivity contribution in [2.24, 2.45) is 0 Å². The predicted octanol–water partition coefficient (Wildman–Crippen LogP) is -0.216. The summed E-state index contributed by atoms with van der Waals surface area (Å²) in [6.45, 7) is -0.0191. The molecule has 0 bridgehead atoms. The van der Waals surface area contributed by atoms with E-state index in [4.69, 9.17) is 0 Å². The lowest BCUT2D eigenvalue weighted by Crippen LogP contribution is -2.56. The van der Waals surface area contributed by atoms with Gasteiger partial charge in [-0.25, -0.2) is 0 Å². The van der Waals surface area contributed by atoms with Crippen molar-refractivity contribution in [2.75, 3.05) is 20.1 Å². The summed E-state index contributed by atoms with van der Waals surface area (Å²) >= 11 is 0. The molecule has 3 amide bonds. The molecule has 0 aromatic carbocycles. The summed E-state index contributed by atoms with van der Waals surface area (Å²) in [6.07, 6.45) is 5.76. The number of hydrogen-bond acceptors (Lipinski definition) is 4. The van der Waals surface area contributed by atoms with Gasteiger partial charge in [0.15, 0.2) is 0 Å². The highest BCUT2D eigenvalue weighted by Crippen LogP contribution is 2.31. The maximum atomic E-state index is 12.3. The normalized spacial score (nSPS) is 23.1. The molecule has 106 valence electrons. The van der Waals surface area contributed by atoms with E-state index in [1.165, 1.54) is 11.3 Å². The minimum atomic E-state index is -0.397. The van der Waals surface area contributed by atoms with Crippen LogP contribution < -0.4 is 10.6 Å². The summed E-state index contributed by atoms with van der Waals surface area (Å²) in [6, 6.07) is 0. The Balaban J connectivity index is 1.99. The zero-order valence-electron chi connectivity index (χ0n) is 11.3. The molecule has 0 radical (unpaired) electrons. The van der Waals surface area contributed by atoms with Gasteiger partial charge in [-0.05, 0) is 19.9 Å². The van der Waals surface area contributed by atoms with Gasteiger partial charge in [-0.3, -0.25) is 19.7 Å². The minimum Gasteiger partial charge on any atom is -0.324 e. The Morgan fingerprint density at radius 1 is 1.21 bits per heavy atom. The van der Waals surface area contributed by atoms with Gasteiger partial charge in [-0.2, -0.15) is 0 Å². The summed E-state index contributed by atoms with van der Waals surface area (Å²) in [5.74, 6) is -0.905. The van der Waals surface area contributed by atoms with Crippen LogP contribution in [0, 0.1) is 0 Å². The molecule has 0 unspecified atom stereocenters. The SMILES string of the molecule is CNC1(CC(=O)N2CC(=O)NC(=O)C2)CCCCC1. The zero-order chi connectivity index (χ0) is 13.9. The molecule has 0 atom stereocenters. The smallest absolute Gasteiger partial charge is 0.246 e. The summed E-state index contributed by atoms with van der Waals surface area (Å²) in [7, 11) is 1.88. The van der Waals surface area contributed by atoms with Crippen LogP contribution >= 0.6 is 0 Å². The molecule has 1 aliphatic heterocycles. The number of nitrogens with one attached hydrogen (secondary N) is 2. The summed E-state index contributed by atoms with van der Waals surface area (Å²) in [5.41, 5.74) is -0.160. The number of rotatable bonds is 3. The standard InChI is InChI=1S/C13H21N3O3/c1-14-13(5-3-2-4-6-13)7-12(19)16-8-10(17)15-11(18)9-16/h14H,2-9H2,1H3,(H,15,17,18). The van der Waals surface area contributed by atoms with Crippen molar-refractivity contribution in [2.45, 2.75) is 44.1 Å². The van der Waals surface area contributed by atoms with E-state index >= 15 is 0 Å². The molecular formula is C13H21N3O3. The summed E-state index contributed by atoms with van der Waals surface area (Å²) < 4.78 is 0. The fraction of sp³-hybridized carbons (Fsp3) is 0.769. The van der Waals surface area contributed by atoms with Gasteiger partial charge in [0.1, 0.15) is 13.1 Å². The molecule has 6 heteroatoms. The number of imide groups is 1. The molecule has 0 aromatic heterocycles. The molecule has 1 saturated heterocycles. The molecule has 6 nitrogen and oxygen atoms in total. The molecule has 2 rings (SSSR count). The van der Waals surface area contributed by atoms with Crippen molar-refractivity contribution in [3.63, 3.8) is 0 Å². The Bertz CT molecular complexity index is 373. The molecule has 2 fully saturated rings. The maximum Gasteiger partial charge on any atom is 0.246 e. The molecule has 1 heterocycles. The molecule has 1 aliphatic carbocycles. The van der Waals surface area contributed by atoms with E-state index in [2.05, 4.69) is 10.6 Å². The van der Waals surface area contributed by atoms with Crippen molar-refractivity contribution < 1.29 is 14.4 Å². The van der Waals surface area contributed by atoms with E-state index in [0.29, 0.717) is 6.42 Å². The second-order valence-electron chi connectivity index (χ2n) is 5.49. The average molecular weight is 267 g/mol. The highest BCUT2D eigenvalue weighted by Gasteiger charge is 2.36. The third-order valence-corrected chi connectivity index (χ3v) is 4.13. The third kappa shape index (κ3) is 3.32. The Morgan fingerprint density at radius 3 is 2.32 bits per heavy atom.